The Balaban J connectivity index is 0.000000749. The first-order valence-corrected chi connectivity index (χ1v) is 12.4. The van der Waals surface area contributed by atoms with Gasteiger partial charge in [0.1, 0.15) is 0 Å². The highest BCUT2D eigenvalue weighted by atomic mass is 14.8. The summed E-state index contributed by atoms with van der Waals surface area (Å²) < 4.78 is 0. The maximum absolute atomic E-state index is 3.22. The van der Waals surface area contributed by atoms with Crippen LogP contribution < -0.4 is 5.32 Å². The molecule has 0 bridgehead atoms. The van der Waals surface area contributed by atoms with Crippen molar-refractivity contribution in [3.63, 3.8) is 0 Å². The number of hydrogen-bond donors (Lipinski definition) is 1. The zero-order valence-corrected chi connectivity index (χ0v) is 19.8. The van der Waals surface area contributed by atoms with Gasteiger partial charge in [0, 0.05) is 0 Å². The van der Waals surface area contributed by atoms with E-state index in [1.54, 1.807) is 0 Å². The highest BCUT2D eigenvalue weighted by molar-refractivity contribution is 5.23. The van der Waals surface area contributed by atoms with Gasteiger partial charge in [0.05, 0.1) is 0 Å². The molecule has 164 valence electrons. The molecule has 0 spiro atoms. The van der Waals surface area contributed by atoms with Crippen molar-refractivity contribution in [3.05, 3.63) is 35.4 Å². The van der Waals surface area contributed by atoms with E-state index in [2.05, 4.69) is 50.4 Å². The number of hydrogen-bond acceptors (Lipinski definition) is 1. The van der Waals surface area contributed by atoms with E-state index in [0.717, 1.165) is 0 Å². The molecule has 1 aromatic carbocycles. The van der Waals surface area contributed by atoms with E-state index in [4.69, 9.17) is 0 Å². The quantitative estimate of drug-likeness (QED) is 0.262. The SMILES string of the molecule is CCCCCCCCCCCCCCCCCCNC.Cc1ccccc1C. The van der Waals surface area contributed by atoms with Gasteiger partial charge in [-0.25, -0.2) is 0 Å². The van der Waals surface area contributed by atoms with Gasteiger partial charge in [0.2, 0.25) is 0 Å². The molecule has 28 heavy (non-hydrogen) atoms. The van der Waals surface area contributed by atoms with E-state index in [9.17, 15) is 0 Å². The van der Waals surface area contributed by atoms with E-state index in [-0.39, 0.29) is 0 Å². The van der Waals surface area contributed by atoms with Crippen LogP contribution in [0.15, 0.2) is 24.3 Å². The molecule has 0 saturated carbocycles. The van der Waals surface area contributed by atoms with E-state index >= 15 is 0 Å². The minimum Gasteiger partial charge on any atom is -0.320 e. The van der Waals surface area contributed by atoms with Gasteiger partial charge in [-0.1, -0.05) is 128 Å². The fourth-order valence-electron chi connectivity index (χ4n) is 3.51. The Hall–Kier alpha value is -0.820. The van der Waals surface area contributed by atoms with Crippen LogP contribution in [-0.4, -0.2) is 13.6 Å². The third kappa shape index (κ3) is 19.9. The minimum atomic E-state index is 1.19. The number of aryl methyl sites for hydroxylation is 2. The molecule has 0 aliphatic heterocycles. The lowest BCUT2D eigenvalue weighted by Gasteiger charge is -2.03. The fourth-order valence-corrected chi connectivity index (χ4v) is 3.51. The van der Waals surface area contributed by atoms with Crippen molar-refractivity contribution < 1.29 is 0 Å². The van der Waals surface area contributed by atoms with E-state index in [1.807, 2.05) is 7.05 Å². The average molecular weight is 390 g/mol. The summed E-state index contributed by atoms with van der Waals surface area (Å²) in [7, 11) is 2.05. The Morgan fingerprint density at radius 2 is 0.857 bits per heavy atom. The molecule has 1 heteroatoms. The Morgan fingerprint density at radius 3 is 1.14 bits per heavy atom. The summed E-state index contributed by atoms with van der Waals surface area (Å²) in [5.41, 5.74) is 2.74. The summed E-state index contributed by atoms with van der Waals surface area (Å²) in [6.45, 7) is 7.73. The second-order valence-corrected chi connectivity index (χ2v) is 8.49. The summed E-state index contributed by atoms with van der Waals surface area (Å²) >= 11 is 0. The Morgan fingerprint density at radius 1 is 0.536 bits per heavy atom. The maximum atomic E-state index is 3.22. The van der Waals surface area contributed by atoms with Crippen LogP contribution in [0, 0.1) is 13.8 Å². The number of nitrogens with one attached hydrogen (secondary N) is 1. The van der Waals surface area contributed by atoms with Gasteiger partial charge in [0.25, 0.3) is 0 Å². The number of unbranched alkanes of at least 4 members (excludes halogenated alkanes) is 15. The summed E-state index contributed by atoms with van der Waals surface area (Å²) in [5.74, 6) is 0. The zero-order valence-electron chi connectivity index (χ0n) is 19.8. The molecule has 1 N–H and O–H groups in total. The van der Waals surface area contributed by atoms with Gasteiger partial charge in [-0.2, -0.15) is 0 Å². The van der Waals surface area contributed by atoms with Crippen molar-refractivity contribution in [2.24, 2.45) is 0 Å². The highest BCUT2D eigenvalue weighted by Gasteiger charge is 1.94. The third-order valence-electron chi connectivity index (χ3n) is 5.71. The smallest absolute Gasteiger partial charge is 0.00519 e. The zero-order chi connectivity index (χ0) is 20.7. The van der Waals surface area contributed by atoms with Gasteiger partial charge in [-0.05, 0) is 45.0 Å². The molecular formula is C27H51N. The fraction of sp³-hybridized carbons (Fsp3) is 0.778. The van der Waals surface area contributed by atoms with Crippen LogP contribution in [-0.2, 0) is 0 Å². The lowest BCUT2D eigenvalue weighted by Crippen LogP contribution is -2.06. The van der Waals surface area contributed by atoms with Crippen LogP contribution in [0.3, 0.4) is 0 Å². The normalized spacial score (nSPS) is 10.6. The predicted octanol–water partition coefficient (Wildman–Crippen LogP) is 8.77. The highest BCUT2D eigenvalue weighted by Crippen LogP contribution is 2.13. The summed E-state index contributed by atoms with van der Waals surface area (Å²) in [5, 5.41) is 3.22. The Bertz CT molecular complexity index is 373. The standard InChI is InChI=1S/C19H41N.C8H10/c1-3-4-5-6-7-8-9-10-11-12-13-14-15-16-17-18-19-20-2;1-7-5-3-4-6-8(7)2/h20H,3-19H2,1-2H3;3-6H,1-2H3. The molecule has 0 saturated heterocycles. The molecule has 0 radical (unpaired) electrons. The molecule has 0 aromatic heterocycles. The summed E-state index contributed by atoms with van der Waals surface area (Å²) in [6, 6.07) is 8.36. The molecule has 0 amide bonds. The second kappa shape index (κ2) is 22.5. The molecule has 1 nitrogen and oxygen atoms in total. The Labute approximate surface area is 178 Å². The van der Waals surface area contributed by atoms with Crippen molar-refractivity contribution >= 4 is 0 Å². The van der Waals surface area contributed by atoms with Crippen LogP contribution in [0.1, 0.15) is 121 Å². The van der Waals surface area contributed by atoms with E-state index in [1.165, 1.54) is 120 Å². The van der Waals surface area contributed by atoms with Crippen LogP contribution in [0.5, 0.6) is 0 Å². The maximum Gasteiger partial charge on any atom is -0.00519 e. The molecule has 0 unspecified atom stereocenters. The molecule has 0 aliphatic carbocycles. The molecule has 1 rings (SSSR count). The van der Waals surface area contributed by atoms with Crippen molar-refractivity contribution in [1.29, 1.82) is 0 Å². The van der Waals surface area contributed by atoms with Gasteiger partial charge in [-0.3, -0.25) is 0 Å². The first-order chi connectivity index (χ1) is 13.7. The third-order valence-corrected chi connectivity index (χ3v) is 5.71. The van der Waals surface area contributed by atoms with Gasteiger partial charge in [0.15, 0.2) is 0 Å². The number of benzene rings is 1. The molecule has 0 atom stereocenters. The Kier molecular flexibility index (Phi) is 21.8. The van der Waals surface area contributed by atoms with Crippen LogP contribution >= 0.6 is 0 Å². The van der Waals surface area contributed by atoms with Gasteiger partial charge < -0.3 is 5.32 Å². The summed E-state index contributed by atoms with van der Waals surface area (Å²) in [6.07, 6.45) is 23.2. The monoisotopic (exact) mass is 389 g/mol. The predicted molar refractivity (Wildman–Crippen MR) is 129 cm³/mol. The van der Waals surface area contributed by atoms with Crippen molar-refractivity contribution in [2.45, 2.75) is 124 Å². The first-order valence-electron chi connectivity index (χ1n) is 12.4. The van der Waals surface area contributed by atoms with Gasteiger partial charge >= 0.3 is 0 Å². The first kappa shape index (κ1) is 27.2. The van der Waals surface area contributed by atoms with Crippen molar-refractivity contribution in [1.82, 2.24) is 5.32 Å². The van der Waals surface area contributed by atoms with E-state index < -0.39 is 0 Å². The van der Waals surface area contributed by atoms with Crippen LogP contribution in [0.25, 0.3) is 0 Å². The molecule has 1 aromatic rings. The molecule has 0 heterocycles. The average Bonchev–Trinajstić information content (AvgIpc) is 2.70. The van der Waals surface area contributed by atoms with E-state index in [0.29, 0.717) is 0 Å². The molecular weight excluding hydrogens is 338 g/mol. The lowest BCUT2D eigenvalue weighted by molar-refractivity contribution is 0.528. The van der Waals surface area contributed by atoms with Crippen molar-refractivity contribution in [2.75, 3.05) is 13.6 Å². The largest absolute Gasteiger partial charge is 0.320 e. The second-order valence-electron chi connectivity index (χ2n) is 8.49. The molecule has 0 aliphatic rings. The summed E-state index contributed by atoms with van der Waals surface area (Å²) in [4.78, 5) is 0. The van der Waals surface area contributed by atoms with Crippen molar-refractivity contribution in [3.8, 4) is 0 Å². The lowest BCUT2D eigenvalue weighted by atomic mass is 10.0. The van der Waals surface area contributed by atoms with Crippen LogP contribution in [0.4, 0.5) is 0 Å². The molecule has 0 fully saturated rings. The topological polar surface area (TPSA) is 12.0 Å². The van der Waals surface area contributed by atoms with Crippen LogP contribution in [0.2, 0.25) is 0 Å². The van der Waals surface area contributed by atoms with Gasteiger partial charge in [-0.15, -0.1) is 0 Å². The minimum absolute atomic E-state index is 1.19. The number of rotatable bonds is 17.